The first-order chi connectivity index (χ1) is 11.1. The van der Waals surface area contributed by atoms with Crippen LogP contribution in [0.5, 0.6) is 0 Å². The summed E-state index contributed by atoms with van der Waals surface area (Å²) in [6, 6.07) is 15.2. The van der Waals surface area contributed by atoms with Gasteiger partial charge in [-0.3, -0.25) is 9.36 Å². The van der Waals surface area contributed by atoms with Gasteiger partial charge in [-0.15, -0.1) is 0 Å². The van der Waals surface area contributed by atoms with E-state index in [0.717, 1.165) is 21.1 Å². The molecule has 0 aliphatic carbocycles. The largest absolute Gasteiger partial charge is 0.354 e. The Kier molecular flexibility index (Phi) is 4.62. The summed E-state index contributed by atoms with van der Waals surface area (Å²) in [5.41, 5.74) is 2.44. The van der Waals surface area contributed by atoms with E-state index in [2.05, 4.69) is 26.2 Å². The Morgan fingerprint density at radius 3 is 2.83 bits per heavy atom. The molecule has 0 saturated heterocycles. The van der Waals surface area contributed by atoms with E-state index in [1.54, 1.807) is 4.57 Å². The molecule has 0 unspecified atom stereocenters. The molecule has 3 rings (SSSR count). The summed E-state index contributed by atoms with van der Waals surface area (Å²) < 4.78 is 2.59. The van der Waals surface area contributed by atoms with Gasteiger partial charge in [-0.25, -0.2) is 4.79 Å². The van der Waals surface area contributed by atoms with Gasteiger partial charge in [0.1, 0.15) is 0 Å². The van der Waals surface area contributed by atoms with Crippen LogP contribution in [0, 0.1) is 0 Å². The van der Waals surface area contributed by atoms with Crippen molar-refractivity contribution in [2.24, 2.45) is 0 Å². The van der Waals surface area contributed by atoms with Crippen molar-refractivity contribution >= 4 is 32.9 Å². The first-order valence-electron chi connectivity index (χ1n) is 7.32. The molecule has 1 amide bonds. The lowest BCUT2D eigenvalue weighted by Crippen LogP contribution is -2.31. The molecule has 0 aliphatic heterocycles. The van der Waals surface area contributed by atoms with Gasteiger partial charge in [-0.1, -0.05) is 40.2 Å². The Bertz CT molecular complexity index is 898. The quantitative estimate of drug-likeness (QED) is 0.721. The number of nitrogens with one attached hydrogen (secondary N) is 2. The number of rotatable bonds is 5. The van der Waals surface area contributed by atoms with Crippen molar-refractivity contribution in [3.63, 3.8) is 0 Å². The molecule has 118 valence electrons. The van der Waals surface area contributed by atoms with Crippen LogP contribution in [0.4, 0.5) is 0 Å². The van der Waals surface area contributed by atoms with Gasteiger partial charge >= 0.3 is 5.69 Å². The molecule has 6 heteroatoms. The molecule has 0 aliphatic rings. The lowest BCUT2D eigenvalue weighted by Gasteiger charge is -2.07. The van der Waals surface area contributed by atoms with Crippen molar-refractivity contribution in [1.29, 1.82) is 0 Å². The Balaban J connectivity index is 1.59. The van der Waals surface area contributed by atoms with Crippen LogP contribution in [0.1, 0.15) is 5.56 Å². The number of imidazole rings is 1. The van der Waals surface area contributed by atoms with Gasteiger partial charge in [0.05, 0.1) is 17.5 Å². The van der Waals surface area contributed by atoms with Crippen molar-refractivity contribution in [3.05, 3.63) is 69.1 Å². The second-order valence-electron chi connectivity index (χ2n) is 5.26. The van der Waals surface area contributed by atoms with E-state index < -0.39 is 0 Å². The number of benzene rings is 2. The minimum absolute atomic E-state index is 0.0593. The van der Waals surface area contributed by atoms with Crippen LogP contribution < -0.4 is 11.0 Å². The van der Waals surface area contributed by atoms with Crippen molar-refractivity contribution in [2.45, 2.75) is 13.0 Å². The minimum Gasteiger partial charge on any atom is -0.354 e. The summed E-state index contributed by atoms with van der Waals surface area (Å²) >= 11 is 3.39. The predicted octanol–water partition coefficient (Wildman–Crippen LogP) is 2.45. The lowest BCUT2D eigenvalue weighted by atomic mass is 10.1. The smallest absolute Gasteiger partial charge is 0.326 e. The third-order valence-electron chi connectivity index (χ3n) is 3.59. The number of para-hydroxylation sites is 2. The van der Waals surface area contributed by atoms with E-state index in [-0.39, 0.29) is 11.6 Å². The van der Waals surface area contributed by atoms with Crippen molar-refractivity contribution in [1.82, 2.24) is 14.9 Å². The second kappa shape index (κ2) is 6.83. The van der Waals surface area contributed by atoms with Gasteiger partial charge in [0, 0.05) is 17.6 Å². The summed E-state index contributed by atoms with van der Waals surface area (Å²) in [6.45, 7) is 0.849. The first kappa shape index (κ1) is 15.6. The van der Waals surface area contributed by atoms with E-state index in [4.69, 9.17) is 0 Å². The second-order valence-corrected chi connectivity index (χ2v) is 6.17. The van der Waals surface area contributed by atoms with E-state index in [0.29, 0.717) is 19.5 Å². The molecule has 1 aromatic heterocycles. The highest BCUT2D eigenvalue weighted by molar-refractivity contribution is 9.10. The third kappa shape index (κ3) is 3.71. The van der Waals surface area contributed by atoms with Gasteiger partial charge in [-0.2, -0.15) is 0 Å². The summed E-state index contributed by atoms with van der Waals surface area (Å²) in [5.74, 6) is -0.0593. The van der Waals surface area contributed by atoms with Gasteiger partial charge in [0.15, 0.2) is 0 Å². The maximum absolute atomic E-state index is 12.0. The average Bonchev–Trinajstić information content (AvgIpc) is 2.83. The van der Waals surface area contributed by atoms with E-state index in [1.165, 1.54) is 0 Å². The molecule has 1 heterocycles. The number of amides is 1. The zero-order valence-corrected chi connectivity index (χ0v) is 14.0. The fraction of sp³-hybridized carbons (Fsp3) is 0.176. The summed E-state index contributed by atoms with van der Waals surface area (Å²) in [5, 5.41) is 2.85. The lowest BCUT2D eigenvalue weighted by molar-refractivity contribution is -0.120. The number of halogens is 1. The van der Waals surface area contributed by atoms with Crippen LogP contribution >= 0.6 is 15.9 Å². The van der Waals surface area contributed by atoms with Crippen LogP contribution in [0.2, 0.25) is 0 Å². The molecule has 5 nitrogen and oxygen atoms in total. The number of carbonyl (C=O) groups excluding carboxylic acids is 1. The highest BCUT2D eigenvalue weighted by atomic mass is 79.9. The SMILES string of the molecule is O=C(Cc1cccc(Br)c1)NCCn1c(=O)[nH]c2ccccc21. The van der Waals surface area contributed by atoms with Crippen LogP contribution in [-0.4, -0.2) is 22.0 Å². The number of H-pyrrole nitrogens is 1. The van der Waals surface area contributed by atoms with Crippen LogP contribution in [-0.2, 0) is 17.8 Å². The summed E-state index contributed by atoms with van der Waals surface area (Å²) in [6.07, 6.45) is 0.322. The molecular weight excluding hydrogens is 358 g/mol. The molecule has 0 bridgehead atoms. The molecular formula is C17H16BrN3O2. The molecule has 23 heavy (non-hydrogen) atoms. The monoisotopic (exact) mass is 373 g/mol. The number of aromatic amines is 1. The Morgan fingerprint density at radius 2 is 2.00 bits per heavy atom. The number of carbonyl (C=O) groups is 1. The Labute approximate surface area is 141 Å². The number of nitrogens with zero attached hydrogens (tertiary/aromatic N) is 1. The molecule has 0 atom stereocenters. The van der Waals surface area contributed by atoms with E-state index in [9.17, 15) is 9.59 Å². The maximum Gasteiger partial charge on any atom is 0.326 e. The third-order valence-corrected chi connectivity index (χ3v) is 4.09. The van der Waals surface area contributed by atoms with Gasteiger partial charge in [0.25, 0.3) is 0 Å². The first-order valence-corrected chi connectivity index (χ1v) is 8.11. The van der Waals surface area contributed by atoms with E-state index >= 15 is 0 Å². The Morgan fingerprint density at radius 1 is 1.17 bits per heavy atom. The zero-order chi connectivity index (χ0) is 16.2. The van der Waals surface area contributed by atoms with E-state index in [1.807, 2.05) is 48.5 Å². The summed E-state index contributed by atoms with van der Waals surface area (Å²) in [7, 11) is 0. The molecule has 0 radical (unpaired) electrons. The summed E-state index contributed by atoms with van der Waals surface area (Å²) in [4.78, 5) is 26.7. The van der Waals surface area contributed by atoms with Crippen molar-refractivity contribution < 1.29 is 4.79 Å². The van der Waals surface area contributed by atoms with Crippen LogP contribution in [0.3, 0.4) is 0 Å². The highest BCUT2D eigenvalue weighted by Gasteiger charge is 2.07. The topological polar surface area (TPSA) is 66.9 Å². The standard InChI is InChI=1S/C17H16BrN3O2/c18-13-5-3-4-12(10-13)11-16(22)19-8-9-21-15-7-2-1-6-14(15)20-17(21)23/h1-7,10H,8-9,11H2,(H,19,22)(H,20,23). The predicted molar refractivity (Wildman–Crippen MR) is 93.4 cm³/mol. The van der Waals surface area contributed by atoms with Crippen LogP contribution in [0.15, 0.2) is 57.8 Å². The molecule has 3 aromatic rings. The zero-order valence-electron chi connectivity index (χ0n) is 12.4. The fourth-order valence-corrected chi connectivity index (χ4v) is 2.98. The fourth-order valence-electron chi connectivity index (χ4n) is 2.53. The number of hydrogen-bond donors (Lipinski definition) is 2. The average molecular weight is 374 g/mol. The van der Waals surface area contributed by atoms with Gasteiger partial charge < -0.3 is 10.3 Å². The molecule has 2 N–H and O–H groups in total. The molecule has 0 saturated carbocycles. The maximum atomic E-state index is 12.0. The molecule has 2 aromatic carbocycles. The van der Waals surface area contributed by atoms with Gasteiger partial charge in [-0.05, 0) is 29.8 Å². The molecule has 0 spiro atoms. The number of hydrogen-bond acceptors (Lipinski definition) is 2. The highest BCUT2D eigenvalue weighted by Crippen LogP contribution is 2.12. The number of fused-ring (bicyclic) bond motifs is 1. The van der Waals surface area contributed by atoms with Crippen LogP contribution in [0.25, 0.3) is 11.0 Å². The van der Waals surface area contributed by atoms with Gasteiger partial charge in [0.2, 0.25) is 5.91 Å². The normalized spacial score (nSPS) is 10.8. The minimum atomic E-state index is -0.160. The van der Waals surface area contributed by atoms with Crippen molar-refractivity contribution in [3.8, 4) is 0 Å². The Hall–Kier alpha value is -2.34. The number of aromatic nitrogens is 2. The molecule has 0 fully saturated rings. The van der Waals surface area contributed by atoms with Crippen molar-refractivity contribution in [2.75, 3.05) is 6.54 Å².